The van der Waals surface area contributed by atoms with Gasteiger partial charge in [-0.3, -0.25) is 10.1 Å². The molecule has 0 aliphatic heterocycles. The third kappa shape index (κ3) is 6.40. The van der Waals surface area contributed by atoms with Crippen molar-refractivity contribution in [3.63, 3.8) is 0 Å². The lowest BCUT2D eigenvalue weighted by atomic mass is 10.1. The Hall–Kier alpha value is -4.31. The Labute approximate surface area is 232 Å². The molecular weight excluding hydrogens is 518 g/mol. The summed E-state index contributed by atoms with van der Waals surface area (Å²) >= 11 is 5.46. The van der Waals surface area contributed by atoms with Crippen LogP contribution in [-0.4, -0.2) is 42.9 Å². The summed E-state index contributed by atoms with van der Waals surface area (Å²) in [4.78, 5) is 17.7. The molecule has 1 heterocycles. The van der Waals surface area contributed by atoms with Crippen molar-refractivity contribution in [3.05, 3.63) is 59.7 Å². The van der Waals surface area contributed by atoms with Crippen molar-refractivity contribution in [2.75, 3.05) is 32.2 Å². The number of ether oxygens (including phenoxy) is 4. The Morgan fingerprint density at radius 2 is 1.64 bits per heavy atom. The highest BCUT2D eigenvalue weighted by atomic mass is 32.1. The van der Waals surface area contributed by atoms with E-state index in [9.17, 15) is 4.79 Å². The number of hydrogen-bond donors (Lipinski definition) is 2. The number of carbonyl (C=O) groups is 1. The predicted molar refractivity (Wildman–Crippen MR) is 154 cm³/mol. The van der Waals surface area contributed by atoms with Gasteiger partial charge >= 0.3 is 0 Å². The summed E-state index contributed by atoms with van der Waals surface area (Å²) in [5.74, 6) is 2.05. The first-order chi connectivity index (χ1) is 18.9. The minimum absolute atomic E-state index is 0.132. The van der Waals surface area contributed by atoms with Crippen LogP contribution in [0.5, 0.6) is 23.0 Å². The number of aryl methyl sites for hydroxylation is 1. The number of amides is 1. The molecule has 2 N–H and O–H groups in total. The molecule has 0 radical (unpaired) electrons. The van der Waals surface area contributed by atoms with Crippen LogP contribution in [0.3, 0.4) is 0 Å². The summed E-state index contributed by atoms with van der Waals surface area (Å²) in [6, 6.07) is 14.4. The van der Waals surface area contributed by atoms with Crippen LogP contribution < -0.4 is 29.6 Å². The standard InChI is InChI=1S/C29H31N3O6S/c1-6-35-24-14-19(15-25(36-7-2)26(24)37-8-3)27(33)32-29(39)31-21-13-18(10-9-17(21)4)28-30-22-16-20(34-5)11-12-23(22)38-28/h9-16H,6-8H2,1-5H3,(H2,31,32,33,39). The minimum atomic E-state index is -0.417. The molecule has 0 fully saturated rings. The molecule has 0 spiro atoms. The number of oxazole rings is 1. The highest BCUT2D eigenvalue weighted by Gasteiger charge is 2.19. The van der Waals surface area contributed by atoms with E-state index in [1.54, 1.807) is 19.2 Å². The monoisotopic (exact) mass is 549 g/mol. The predicted octanol–water partition coefficient (Wildman–Crippen LogP) is 6.13. The third-order valence-corrected chi connectivity index (χ3v) is 5.93. The second kappa shape index (κ2) is 12.5. The number of carbonyl (C=O) groups excluding carboxylic acids is 1. The van der Waals surface area contributed by atoms with Crippen molar-refractivity contribution in [1.82, 2.24) is 10.3 Å². The van der Waals surface area contributed by atoms with Crippen molar-refractivity contribution in [2.24, 2.45) is 0 Å². The Kier molecular flexibility index (Phi) is 8.88. The molecule has 0 aliphatic carbocycles. The molecule has 0 unspecified atom stereocenters. The number of anilines is 1. The molecule has 0 bridgehead atoms. The van der Waals surface area contributed by atoms with E-state index < -0.39 is 5.91 Å². The highest BCUT2D eigenvalue weighted by molar-refractivity contribution is 7.80. The van der Waals surface area contributed by atoms with E-state index in [1.807, 2.05) is 64.1 Å². The fraction of sp³-hybridized carbons (Fsp3) is 0.276. The zero-order chi connectivity index (χ0) is 27.9. The summed E-state index contributed by atoms with van der Waals surface area (Å²) in [7, 11) is 1.60. The number of benzene rings is 3. The first-order valence-corrected chi connectivity index (χ1v) is 13.0. The van der Waals surface area contributed by atoms with Gasteiger partial charge in [0.05, 0.1) is 26.9 Å². The van der Waals surface area contributed by atoms with E-state index >= 15 is 0 Å². The molecule has 0 saturated carbocycles. The van der Waals surface area contributed by atoms with Gasteiger partial charge in [-0.25, -0.2) is 4.98 Å². The Bertz CT molecular complexity index is 1470. The summed E-state index contributed by atoms with van der Waals surface area (Å²) in [6.07, 6.45) is 0. The average Bonchev–Trinajstić information content (AvgIpc) is 3.35. The number of aromatic nitrogens is 1. The van der Waals surface area contributed by atoms with Crippen LogP contribution in [0.4, 0.5) is 5.69 Å². The zero-order valence-electron chi connectivity index (χ0n) is 22.5. The number of thiocarbonyl (C=S) groups is 1. The molecule has 10 heteroatoms. The summed E-state index contributed by atoms with van der Waals surface area (Å²) in [6.45, 7) is 8.75. The van der Waals surface area contributed by atoms with Gasteiger partial charge in [0.1, 0.15) is 11.3 Å². The number of nitrogens with one attached hydrogen (secondary N) is 2. The van der Waals surface area contributed by atoms with Crippen LogP contribution in [0, 0.1) is 6.92 Å². The number of rotatable bonds is 10. The molecular formula is C29H31N3O6S. The second-order valence-corrected chi connectivity index (χ2v) is 8.80. The maximum absolute atomic E-state index is 13.1. The van der Waals surface area contributed by atoms with Crippen LogP contribution in [-0.2, 0) is 0 Å². The number of nitrogens with zero attached hydrogens (tertiary/aromatic N) is 1. The number of hydrogen-bond acceptors (Lipinski definition) is 8. The van der Waals surface area contributed by atoms with Crippen molar-refractivity contribution in [2.45, 2.75) is 27.7 Å². The molecule has 4 aromatic rings. The molecule has 0 saturated heterocycles. The van der Waals surface area contributed by atoms with E-state index in [2.05, 4.69) is 15.6 Å². The molecule has 1 amide bonds. The van der Waals surface area contributed by atoms with E-state index in [-0.39, 0.29) is 5.11 Å². The van der Waals surface area contributed by atoms with Crippen molar-refractivity contribution in [1.29, 1.82) is 0 Å². The van der Waals surface area contributed by atoms with Gasteiger partial charge in [0.2, 0.25) is 11.6 Å². The maximum atomic E-state index is 13.1. The minimum Gasteiger partial charge on any atom is -0.497 e. The molecule has 4 rings (SSSR count). The van der Waals surface area contributed by atoms with E-state index in [4.69, 9.17) is 35.6 Å². The SMILES string of the molecule is CCOc1cc(C(=O)NC(=S)Nc2cc(-c3nc4cc(OC)ccc4o3)ccc2C)cc(OCC)c1OCC. The molecule has 0 aliphatic rings. The largest absolute Gasteiger partial charge is 0.497 e. The van der Waals surface area contributed by atoms with Crippen LogP contribution in [0.25, 0.3) is 22.6 Å². The van der Waals surface area contributed by atoms with E-state index in [1.165, 1.54) is 0 Å². The van der Waals surface area contributed by atoms with Gasteiger partial charge in [0.25, 0.3) is 5.91 Å². The van der Waals surface area contributed by atoms with Crippen molar-refractivity contribution < 1.29 is 28.2 Å². The normalized spacial score (nSPS) is 10.7. The van der Waals surface area contributed by atoms with Crippen molar-refractivity contribution >= 4 is 40.0 Å². The van der Waals surface area contributed by atoms with Crippen LogP contribution in [0.1, 0.15) is 36.7 Å². The molecule has 1 aromatic heterocycles. The van der Waals surface area contributed by atoms with E-state index in [0.717, 1.165) is 11.1 Å². The lowest BCUT2D eigenvalue weighted by Crippen LogP contribution is -2.34. The van der Waals surface area contributed by atoms with Gasteiger partial charge in [0.15, 0.2) is 22.2 Å². The molecule has 39 heavy (non-hydrogen) atoms. The van der Waals surface area contributed by atoms with Gasteiger partial charge in [0, 0.05) is 22.9 Å². The second-order valence-electron chi connectivity index (χ2n) is 8.39. The van der Waals surface area contributed by atoms with Gasteiger partial charge in [-0.15, -0.1) is 0 Å². The Balaban J connectivity index is 1.54. The number of methoxy groups -OCH3 is 1. The first kappa shape index (κ1) is 27.7. The third-order valence-electron chi connectivity index (χ3n) is 5.73. The quantitative estimate of drug-likeness (QED) is 0.226. The molecule has 0 atom stereocenters. The van der Waals surface area contributed by atoms with Crippen LogP contribution in [0.2, 0.25) is 0 Å². The zero-order valence-corrected chi connectivity index (χ0v) is 23.4. The fourth-order valence-electron chi connectivity index (χ4n) is 3.90. The smallest absolute Gasteiger partial charge is 0.257 e. The van der Waals surface area contributed by atoms with Crippen molar-refractivity contribution in [3.8, 4) is 34.5 Å². The van der Waals surface area contributed by atoms with Gasteiger partial charge in [-0.1, -0.05) is 6.07 Å². The summed E-state index contributed by atoms with van der Waals surface area (Å²) in [5, 5.41) is 5.97. The summed E-state index contributed by atoms with van der Waals surface area (Å²) in [5.41, 5.74) is 4.04. The number of fused-ring (bicyclic) bond motifs is 1. The van der Waals surface area contributed by atoms with E-state index in [0.29, 0.717) is 71.1 Å². The molecule has 3 aromatic carbocycles. The van der Waals surface area contributed by atoms with Crippen LogP contribution >= 0.6 is 12.2 Å². The molecule has 9 nitrogen and oxygen atoms in total. The maximum Gasteiger partial charge on any atom is 0.257 e. The summed E-state index contributed by atoms with van der Waals surface area (Å²) < 4.78 is 28.4. The lowest BCUT2D eigenvalue weighted by molar-refractivity contribution is 0.0976. The Morgan fingerprint density at radius 1 is 0.949 bits per heavy atom. The average molecular weight is 550 g/mol. The Morgan fingerprint density at radius 3 is 2.28 bits per heavy atom. The fourth-order valence-corrected chi connectivity index (χ4v) is 4.10. The lowest BCUT2D eigenvalue weighted by Gasteiger charge is -2.17. The van der Waals surface area contributed by atoms with Gasteiger partial charge in [-0.2, -0.15) is 0 Å². The first-order valence-electron chi connectivity index (χ1n) is 12.6. The van der Waals surface area contributed by atoms with Gasteiger partial charge in [-0.05, 0) is 81.9 Å². The molecule has 204 valence electrons. The highest BCUT2D eigenvalue weighted by Crippen LogP contribution is 2.39. The van der Waals surface area contributed by atoms with Gasteiger partial charge < -0.3 is 28.7 Å². The topological polar surface area (TPSA) is 104 Å². The van der Waals surface area contributed by atoms with Crippen LogP contribution in [0.15, 0.2) is 52.9 Å².